The van der Waals surface area contributed by atoms with Crippen molar-refractivity contribution in [3.05, 3.63) is 0 Å². The summed E-state index contributed by atoms with van der Waals surface area (Å²) in [6.07, 6.45) is 3.89. The maximum atomic E-state index is 3.54. The highest BCUT2D eigenvalue weighted by molar-refractivity contribution is 4.82. The fraction of sp³-hybridized carbons (Fsp3) is 1.00. The Morgan fingerprint density at radius 2 is 1.85 bits per heavy atom. The molecule has 2 nitrogen and oxygen atoms in total. The smallest absolute Gasteiger partial charge is 0.0220 e. The molecule has 0 saturated carbocycles. The molecule has 78 valence electrons. The summed E-state index contributed by atoms with van der Waals surface area (Å²) in [5.74, 6) is 0. The van der Waals surface area contributed by atoms with Crippen molar-refractivity contribution >= 4 is 0 Å². The fourth-order valence-electron chi connectivity index (χ4n) is 2.45. The van der Waals surface area contributed by atoms with Crippen LogP contribution in [0.3, 0.4) is 0 Å². The summed E-state index contributed by atoms with van der Waals surface area (Å²) in [6.45, 7) is 10.5. The van der Waals surface area contributed by atoms with Crippen molar-refractivity contribution in [3.8, 4) is 0 Å². The molecule has 0 aliphatic carbocycles. The Labute approximate surface area is 82.7 Å². The summed E-state index contributed by atoms with van der Waals surface area (Å²) in [4.78, 5) is 2.68. The van der Waals surface area contributed by atoms with E-state index in [1.807, 2.05) is 0 Å². The van der Waals surface area contributed by atoms with Gasteiger partial charge in [-0.05, 0) is 32.4 Å². The molecular formula is C11H24N2. The molecule has 0 aromatic carbocycles. The van der Waals surface area contributed by atoms with E-state index in [2.05, 4.69) is 31.0 Å². The lowest BCUT2D eigenvalue weighted by Crippen LogP contribution is -2.44. The Bertz CT molecular complexity index is 122. The van der Waals surface area contributed by atoms with Gasteiger partial charge in [0.1, 0.15) is 0 Å². The lowest BCUT2D eigenvalue weighted by molar-refractivity contribution is 0.143. The van der Waals surface area contributed by atoms with Gasteiger partial charge in [-0.25, -0.2) is 0 Å². The zero-order chi connectivity index (χ0) is 9.68. The van der Waals surface area contributed by atoms with Crippen molar-refractivity contribution in [2.45, 2.75) is 52.1 Å². The van der Waals surface area contributed by atoms with Gasteiger partial charge in [-0.15, -0.1) is 0 Å². The lowest BCUT2D eigenvalue weighted by Gasteiger charge is -2.34. The van der Waals surface area contributed by atoms with Crippen molar-refractivity contribution in [1.29, 1.82) is 0 Å². The topological polar surface area (TPSA) is 15.3 Å². The van der Waals surface area contributed by atoms with Crippen LogP contribution in [-0.4, -0.2) is 36.6 Å². The van der Waals surface area contributed by atoms with Crippen LogP contribution in [0.1, 0.15) is 40.0 Å². The minimum absolute atomic E-state index is 0.762. The molecule has 0 bridgehead atoms. The number of rotatable bonds is 3. The molecule has 1 N–H and O–H groups in total. The van der Waals surface area contributed by atoms with Crippen LogP contribution in [-0.2, 0) is 0 Å². The van der Waals surface area contributed by atoms with E-state index in [1.165, 1.54) is 38.9 Å². The molecule has 2 heteroatoms. The first-order valence-corrected chi connectivity index (χ1v) is 5.79. The summed E-state index contributed by atoms with van der Waals surface area (Å²) < 4.78 is 0. The summed E-state index contributed by atoms with van der Waals surface area (Å²) in [7, 11) is 0. The maximum absolute atomic E-state index is 3.54. The van der Waals surface area contributed by atoms with E-state index in [9.17, 15) is 0 Å². The van der Waals surface area contributed by atoms with Gasteiger partial charge < -0.3 is 5.32 Å². The Balaban J connectivity index is 2.61. The molecule has 0 spiro atoms. The Morgan fingerprint density at radius 3 is 2.38 bits per heavy atom. The largest absolute Gasteiger partial charge is 0.315 e. The van der Waals surface area contributed by atoms with Crippen LogP contribution in [0.15, 0.2) is 0 Å². The summed E-state index contributed by atoms with van der Waals surface area (Å²) >= 11 is 0. The summed E-state index contributed by atoms with van der Waals surface area (Å²) in [5.41, 5.74) is 0. The van der Waals surface area contributed by atoms with Crippen LogP contribution >= 0.6 is 0 Å². The number of hydrogen-bond acceptors (Lipinski definition) is 2. The third-order valence-electron chi connectivity index (χ3n) is 3.28. The van der Waals surface area contributed by atoms with Crippen molar-refractivity contribution in [1.82, 2.24) is 10.2 Å². The van der Waals surface area contributed by atoms with E-state index in [1.54, 1.807) is 0 Å². The van der Waals surface area contributed by atoms with E-state index in [0.717, 1.165) is 12.1 Å². The first-order chi connectivity index (χ1) is 6.33. The van der Waals surface area contributed by atoms with Gasteiger partial charge in [-0.2, -0.15) is 0 Å². The quantitative estimate of drug-likeness (QED) is 0.720. The summed E-state index contributed by atoms with van der Waals surface area (Å²) in [6, 6.07) is 1.57. The second-order valence-corrected chi connectivity index (χ2v) is 3.95. The van der Waals surface area contributed by atoms with Crippen molar-refractivity contribution in [2.75, 3.05) is 19.6 Å². The van der Waals surface area contributed by atoms with Gasteiger partial charge in [0.2, 0.25) is 0 Å². The second-order valence-electron chi connectivity index (χ2n) is 3.95. The fourth-order valence-corrected chi connectivity index (χ4v) is 2.45. The zero-order valence-corrected chi connectivity index (χ0v) is 9.34. The number of nitrogens with zero attached hydrogens (tertiary/aromatic N) is 1. The Morgan fingerprint density at radius 1 is 1.15 bits per heavy atom. The van der Waals surface area contributed by atoms with Crippen molar-refractivity contribution in [3.63, 3.8) is 0 Å². The molecular weight excluding hydrogens is 160 g/mol. The van der Waals surface area contributed by atoms with Crippen LogP contribution in [0.2, 0.25) is 0 Å². The van der Waals surface area contributed by atoms with Crippen LogP contribution in [0.25, 0.3) is 0 Å². The first kappa shape index (κ1) is 11.0. The van der Waals surface area contributed by atoms with Crippen LogP contribution in [0, 0.1) is 0 Å². The van der Waals surface area contributed by atoms with E-state index in [-0.39, 0.29) is 0 Å². The molecule has 1 fully saturated rings. The van der Waals surface area contributed by atoms with E-state index in [0.29, 0.717) is 0 Å². The molecule has 1 aliphatic heterocycles. The van der Waals surface area contributed by atoms with E-state index >= 15 is 0 Å². The SMILES string of the molecule is CCC1CCNCC(CC)N1CC. The molecule has 1 saturated heterocycles. The Kier molecular flexibility index (Phi) is 4.74. The Hall–Kier alpha value is -0.0800. The first-order valence-electron chi connectivity index (χ1n) is 5.79. The standard InChI is InChI=1S/C11H24N2/c1-4-10-7-8-12-9-11(5-2)13(10)6-3/h10-12H,4-9H2,1-3H3. The van der Waals surface area contributed by atoms with Gasteiger partial charge in [-0.3, -0.25) is 4.90 Å². The molecule has 1 rings (SSSR count). The van der Waals surface area contributed by atoms with Gasteiger partial charge in [0.15, 0.2) is 0 Å². The highest BCUT2D eigenvalue weighted by Gasteiger charge is 2.24. The van der Waals surface area contributed by atoms with E-state index in [4.69, 9.17) is 0 Å². The number of hydrogen-bond donors (Lipinski definition) is 1. The average molecular weight is 184 g/mol. The summed E-state index contributed by atoms with van der Waals surface area (Å²) in [5, 5.41) is 3.54. The molecule has 0 aromatic heterocycles. The molecule has 0 radical (unpaired) electrons. The van der Waals surface area contributed by atoms with Crippen LogP contribution < -0.4 is 5.32 Å². The van der Waals surface area contributed by atoms with E-state index < -0.39 is 0 Å². The van der Waals surface area contributed by atoms with Gasteiger partial charge in [-0.1, -0.05) is 20.8 Å². The van der Waals surface area contributed by atoms with Gasteiger partial charge >= 0.3 is 0 Å². The highest BCUT2D eigenvalue weighted by Crippen LogP contribution is 2.16. The van der Waals surface area contributed by atoms with Crippen molar-refractivity contribution in [2.24, 2.45) is 0 Å². The third-order valence-corrected chi connectivity index (χ3v) is 3.28. The molecule has 13 heavy (non-hydrogen) atoms. The number of likely N-dealkylation sites (N-methyl/N-ethyl adjacent to an activating group) is 1. The molecule has 2 atom stereocenters. The predicted molar refractivity (Wildman–Crippen MR) is 58.0 cm³/mol. The average Bonchev–Trinajstić information content (AvgIpc) is 2.37. The number of nitrogens with one attached hydrogen (secondary N) is 1. The van der Waals surface area contributed by atoms with Gasteiger partial charge in [0, 0.05) is 18.6 Å². The maximum Gasteiger partial charge on any atom is 0.0220 e. The lowest BCUT2D eigenvalue weighted by atomic mass is 10.1. The van der Waals surface area contributed by atoms with Gasteiger partial charge in [0.05, 0.1) is 0 Å². The molecule has 0 amide bonds. The molecule has 0 aromatic rings. The normalized spacial score (nSPS) is 31.6. The van der Waals surface area contributed by atoms with Crippen molar-refractivity contribution < 1.29 is 0 Å². The zero-order valence-electron chi connectivity index (χ0n) is 9.34. The van der Waals surface area contributed by atoms with Gasteiger partial charge in [0.25, 0.3) is 0 Å². The molecule has 1 heterocycles. The highest BCUT2D eigenvalue weighted by atomic mass is 15.2. The van der Waals surface area contributed by atoms with Crippen LogP contribution in [0.4, 0.5) is 0 Å². The van der Waals surface area contributed by atoms with Crippen LogP contribution in [0.5, 0.6) is 0 Å². The molecule has 1 aliphatic rings. The minimum atomic E-state index is 0.762. The monoisotopic (exact) mass is 184 g/mol. The third kappa shape index (κ3) is 2.68. The second kappa shape index (κ2) is 5.61. The molecule has 2 unspecified atom stereocenters. The predicted octanol–water partition coefficient (Wildman–Crippen LogP) is 1.86. The minimum Gasteiger partial charge on any atom is -0.315 e.